The lowest BCUT2D eigenvalue weighted by Gasteiger charge is -2.32. The molecular weight excluding hydrogens is 332 g/mol. The number of nitrogens with one attached hydrogen (secondary N) is 1. The lowest BCUT2D eigenvalue weighted by molar-refractivity contribution is -0.122. The highest BCUT2D eigenvalue weighted by Gasteiger charge is 2.24. The minimum atomic E-state index is 0.00764. The Morgan fingerprint density at radius 2 is 1.81 bits per heavy atom. The van der Waals surface area contributed by atoms with Crippen molar-refractivity contribution in [3.8, 4) is 11.5 Å². The van der Waals surface area contributed by atoms with Gasteiger partial charge >= 0.3 is 0 Å². The van der Waals surface area contributed by atoms with Crippen molar-refractivity contribution in [2.45, 2.75) is 33.1 Å². The van der Waals surface area contributed by atoms with Crippen LogP contribution in [-0.4, -0.2) is 50.6 Å². The van der Waals surface area contributed by atoms with Crippen molar-refractivity contribution in [3.63, 3.8) is 0 Å². The first-order valence-electron chi connectivity index (χ1n) is 9.22. The van der Waals surface area contributed by atoms with Gasteiger partial charge in [-0.15, -0.1) is 0 Å². The predicted molar refractivity (Wildman–Crippen MR) is 101 cm³/mol. The highest BCUT2D eigenvalue weighted by Crippen LogP contribution is 2.28. The van der Waals surface area contributed by atoms with Crippen molar-refractivity contribution in [1.29, 1.82) is 0 Å². The number of rotatable bonds is 7. The SMILES string of the molecule is COc1ccc(C(=O)N2CCC(CNC(=O)CC(C)C)CC2)cc1OC. The fourth-order valence-corrected chi connectivity index (χ4v) is 3.19. The zero-order chi connectivity index (χ0) is 19.1. The van der Waals surface area contributed by atoms with E-state index in [9.17, 15) is 9.59 Å². The van der Waals surface area contributed by atoms with E-state index in [0.717, 1.165) is 12.8 Å². The van der Waals surface area contributed by atoms with E-state index in [1.54, 1.807) is 32.4 Å². The van der Waals surface area contributed by atoms with E-state index in [1.165, 1.54) is 0 Å². The van der Waals surface area contributed by atoms with Crippen molar-refractivity contribution in [2.24, 2.45) is 11.8 Å². The molecule has 1 aliphatic heterocycles. The minimum absolute atomic E-state index is 0.00764. The largest absolute Gasteiger partial charge is 0.493 e. The van der Waals surface area contributed by atoms with Crippen LogP contribution in [0.2, 0.25) is 0 Å². The maximum Gasteiger partial charge on any atom is 0.253 e. The van der Waals surface area contributed by atoms with Gasteiger partial charge in [-0.25, -0.2) is 0 Å². The molecule has 0 radical (unpaired) electrons. The fraction of sp³-hybridized carbons (Fsp3) is 0.600. The predicted octanol–water partition coefficient (Wildman–Crippen LogP) is 2.72. The molecule has 1 aromatic rings. The Kier molecular flexibility index (Phi) is 7.30. The van der Waals surface area contributed by atoms with Gasteiger partial charge in [-0.2, -0.15) is 0 Å². The van der Waals surface area contributed by atoms with Gasteiger partial charge in [-0.3, -0.25) is 9.59 Å². The van der Waals surface area contributed by atoms with E-state index < -0.39 is 0 Å². The summed E-state index contributed by atoms with van der Waals surface area (Å²) in [6, 6.07) is 5.24. The van der Waals surface area contributed by atoms with E-state index in [4.69, 9.17) is 9.47 Å². The lowest BCUT2D eigenvalue weighted by atomic mass is 9.96. The second-order valence-electron chi connectivity index (χ2n) is 7.21. The van der Waals surface area contributed by atoms with Crippen molar-refractivity contribution in [2.75, 3.05) is 33.9 Å². The number of ether oxygens (including phenoxy) is 2. The van der Waals surface area contributed by atoms with E-state index in [1.807, 2.05) is 18.7 Å². The molecule has 0 aromatic heterocycles. The number of nitrogens with zero attached hydrogens (tertiary/aromatic N) is 1. The average molecular weight is 362 g/mol. The van der Waals surface area contributed by atoms with Gasteiger partial charge in [0.15, 0.2) is 11.5 Å². The highest BCUT2D eigenvalue weighted by atomic mass is 16.5. The topological polar surface area (TPSA) is 67.9 Å². The zero-order valence-electron chi connectivity index (χ0n) is 16.2. The number of piperidine rings is 1. The molecule has 6 heteroatoms. The van der Waals surface area contributed by atoms with Gasteiger partial charge in [0.2, 0.25) is 5.91 Å². The first-order valence-corrected chi connectivity index (χ1v) is 9.22. The normalized spacial score (nSPS) is 15.0. The number of carbonyl (C=O) groups is 2. The first-order chi connectivity index (χ1) is 12.4. The van der Waals surface area contributed by atoms with Crippen LogP contribution in [0.5, 0.6) is 11.5 Å². The quantitative estimate of drug-likeness (QED) is 0.810. The van der Waals surface area contributed by atoms with Crippen molar-refractivity contribution in [3.05, 3.63) is 23.8 Å². The zero-order valence-corrected chi connectivity index (χ0v) is 16.2. The van der Waals surface area contributed by atoms with Gasteiger partial charge in [0.25, 0.3) is 5.91 Å². The summed E-state index contributed by atoms with van der Waals surface area (Å²) >= 11 is 0. The molecule has 6 nitrogen and oxygen atoms in total. The Hall–Kier alpha value is -2.24. The molecule has 2 rings (SSSR count). The van der Waals surface area contributed by atoms with Crippen LogP contribution in [0.15, 0.2) is 18.2 Å². The summed E-state index contributed by atoms with van der Waals surface area (Å²) in [5, 5.41) is 3.01. The maximum atomic E-state index is 12.7. The summed E-state index contributed by atoms with van der Waals surface area (Å²) in [7, 11) is 3.13. The molecule has 1 saturated heterocycles. The van der Waals surface area contributed by atoms with E-state index in [0.29, 0.717) is 55.0 Å². The standard InChI is InChI=1S/C20H30N2O4/c1-14(2)11-19(23)21-13-15-7-9-22(10-8-15)20(24)16-5-6-17(25-3)18(12-16)26-4/h5-6,12,14-15H,7-11,13H2,1-4H3,(H,21,23). The number of benzene rings is 1. The van der Waals surface area contributed by atoms with Crippen LogP contribution in [0.3, 0.4) is 0 Å². The van der Waals surface area contributed by atoms with E-state index in [-0.39, 0.29) is 11.8 Å². The highest BCUT2D eigenvalue weighted by molar-refractivity contribution is 5.95. The summed E-state index contributed by atoms with van der Waals surface area (Å²) in [5.41, 5.74) is 0.603. The van der Waals surface area contributed by atoms with Gasteiger partial charge < -0.3 is 19.7 Å². The first kappa shape index (κ1) is 20.1. The molecule has 1 heterocycles. The third-order valence-corrected chi connectivity index (χ3v) is 4.71. The summed E-state index contributed by atoms with van der Waals surface area (Å²) in [6.07, 6.45) is 2.37. The molecule has 26 heavy (non-hydrogen) atoms. The second-order valence-corrected chi connectivity index (χ2v) is 7.21. The van der Waals surface area contributed by atoms with Crippen molar-refractivity contribution >= 4 is 11.8 Å². The number of likely N-dealkylation sites (tertiary alicyclic amines) is 1. The number of amides is 2. The van der Waals surface area contributed by atoms with Crippen molar-refractivity contribution < 1.29 is 19.1 Å². The fourth-order valence-electron chi connectivity index (χ4n) is 3.19. The molecule has 144 valence electrons. The summed E-state index contributed by atoms with van der Waals surface area (Å²) < 4.78 is 10.5. The molecule has 0 spiro atoms. The molecule has 1 fully saturated rings. The molecule has 0 unspecified atom stereocenters. The summed E-state index contributed by atoms with van der Waals surface area (Å²) in [6.45, 7) is 6.19. The summed E-state index contributed by atoms with van der Waals surface area (Å²) in [5.74, 6) is 2.09. The number of carbonyl (C=O) groups excluding carboxylic acids is 2. The second kappa shape index (κ2) is 9.46. The van der Waals surface area contributed by atoms with Gasteiger partial charge in [-0.05, 0) is 42.9 Å². The maximum absolute atomic E-state index is 12.7. The van der Waals surface area contributed by atoms with Gasteiger partial charge in [-0.1, -0.05) is 13.8 Å². The van der Waals surface area contributed by atoms with Crippen LogP contribution >= 0.6 is 0 Å². The number of hydrogen-bond donors (Lipinski definition) is 1. The third-order valence-electron chi connectivity index (χ3n) is 4.71. The molecule has 0 aliphatic carbocycles. The monoisotopic (exact) mass is 362 g/mol. The third kappa shape index (κ3) is 5.38. The Bertz CT molecular complexity index is 622. The Balaban J connectivity index is 1.85. The van der Waals surface area contributed by atoms with Crippen LogP contribution in [0.25, 0.3) is 0 Å². The smallest absolute Gasteiger partial charge is 0.253 e. The molecule has 1 aromatic carbocycles. The van der Waals surface area contributed by atoms with Gasteiger partial charge in [0.05, 0.1) is 14.2 Å². The van der Waals surface area contributed by atoms with Crippen LogP contribution < -0.4 is 14.8 Å². The van der Waals surface area contributed by atoms with Crippen LogP contribution in [0.4, 0.5) is 0 Å². The van der Waals surface area contributed by atoms with Crippen LogP contribution in [-0.2, 0) is 4.79 Å². The van der Waals surface area contributed by atoms with Crippen LogP contribution in [0.1, 0.15) is 43.5 Å². The number of methoxy groups -OCH3 is 2. The van der Waals surface area contributed by atoms with Gasteiger partial charge in [0, 0.05) is 31.6 Å². The van der Waals surface area contributed by atoms with E-state index >= 15 is 0 Å². The Morgan fingerprint density at radius 1 is 1.15 bits per heavy atom. The Labute approximate surface area is 155 Å². The molecule has 0 atom stereocenters. The number of hydrogen-bond acceptors (Lipinski definition) is 4. The van der Waals surface area contributed by atoms with Crippen LogP contribution in [0, 0.1) is 11.8 Å². The van der Waals surface area contributed by atoms with Gasteiger partial charge in [0.1, 0.15) is 0 Å². The molecule has 0 bridgehead atoms. The lowest BCUT2D eigenvalue weighted by Crippen LogP contribution is -2.41. The molecule has 2 amide bonds. The molecule has 0 saturated carbocycles. The summed E-state index contributed by atoms with van der Waals surface area (Å²) in [4.78, 5) is 26.4. The van der Waals surface area contributed by atoms with E-state index in [2.05, 4.69) is 5.32 Å². The average Bonchev–Trinajstić information content (AvgIpc) is 2.65. The molecule has 1 aliphatic rings. The Morgan fingerprint density at radius 3 is 2.38 bits per heavy atom. The van der Waals surface area contributed by atoms with Crippen molar-refractivity contribution in [1.82, 2.24) is 10.2 Å². The minimum Gasteiger partial charge on any atom is -0.493 e. The molecular formula is C20H30N2O4. The molecule has 1 N–H and O–H groups in total.